The molecule has 0 fully saturated rings. The molecule has 0 amide bonds. The van der Waals surface area contributed by atoms with Gasteiger partial charge in [-0.15, -0.1) is 0 Å². The van der Waals surface area contributed by atoms with Gasteiger partial charge in [-0.2, -0.15) is 13.2 Å². The van der Waals surface area contributed by atoms with Crippen molar-refractivity contribution in [3.8, 4) is 11.5 Å². The number of unbranched alkanes of at least 4 members (excludes halogenated alkanes) is 10. The fourth-order valence-corrected chi connectivity index (χ4v) is 6.56. The summed E-state index contributed by atoms with van der Waals surface area (Å²) in [6, 6.07) is 19.6. The van der Waals surface area contributed by atoms with Gasteiger partial charge in [0.25, 0.3) is 0 Å². The van der Waals surface area contributed by atoms with E-state index in [9.17, 15) is 27.6 Å². The highest BCUT2D eigenvalue weighted by atomic mass is 19.4. The summed E-state index contributed by atoms with van der Waals surface area (Å²) >= 11 is 0. The van der Waals surface area contributed by atoms with Crippen LogP contribution in [0.15, 0.2) is 72.8 Å². The SMILES string of the molecule is CCCCCCCCCCOc1ccc(OC(=O)C2Cc3ccccc3C(OC(=O)c3ccccc3C(=O)O[C@H](CCCCCC)C(F)(F)F)C2)cc1. The minimum atomic E-state index is -4.75. The molecule has 0 spiro atoms. The first-order valence-corrected chi connectivity index (χ1v) is 19.2. The van der Waals surface area contributed by atoms with Crippen molar-refractivity contribution in [2.24, 2.45) is 5.92 Å². The maximum absolute atomic E-state index is 13.8. The van der Waals surface area contributed by atoms with Crippen LogP contribution in [-0.2, 0) is 20.7 Å². The molecule has 0 saturated carbocycles. The van der Waals surface area contributed by atoms with Crippen molar-refractivity contribution < 1.29 is 46.5 Å². The third-order valence-corrected chi connectivity index (χ3v) is 9.56. The van der Waals surface area contributed by atoms with Gasteiger partial charge in [-0.3, -0.25) is 4.79 Å². The number of esters is 3. The number of hydrogen-bond acceptors (Lipinski definition) is 7. The van der Waals surface area contributed by atoms with Crippen LogP contribution >= 0.6 is 0 Å². The van der Waals surface area contributed by atoms with Crippen molar-refractivity contribution in [2.75, 3.05) is 6.61 Å². The fraction of sp³-hybridized carbons (Fsp3) is 0.512. The Bertz CT molecular complexity index is 1590. The van der Waals surface area contributed by atoms with Crippen LogP contribution in [0, 0.1) is 5.92 Å². The molecule has 2 unspecified atom stereocenters. The minimum Gasteiger partial charge on any atom is -0.494 e. The van der Waals surface area contributed by atoms with Gasteiger partial charge in [-0.05, 0) is 73.2 Å². The number of rotatable bonds is 21. The summed E-state index contributed by atoms with van der Waals surface area (Å²) in [5.41, 5.74) is 0.945. The van der Waals surface area contributed by atoms with Crippen molar-refractivity contribution in [1.29, 1.82) is 0 Å². The third-order valence-electron chi connectivity index (χ3n) is 9.56. The molecule has 0 bridgehead atoms. The summed E-state index contributed by atoms with van der Waals surface area (Å²) in [5, 5.41) is 0. The Hall–Kier alpha value is -4.34. The average Bonchev–Trinajstić information content (AvgIpc) is 3.15. The van der Waals surface area contributed by atoms with Gasteiger partial charge in [0.2, 0.25) is 0 Å². The van der Waals surface area contributed by atoms with E-state index in [1.807, 2.05) is 19.1 Å². The van der Waals surface area contributed by atoms with Crippen LogP contribution in [0.3, 0.4) is 0 Å². The van der Waals surface area contributed by atoms with Gasteiger partial charge in [-0.1, -0.05) is 114 Å². The predicted octanol–water partition coefficient (Wildman–Crippen LogP) is 11.3. The second kappa shape index (κ2) is 21.4. The molecule has 3 atom stereocenters. The smallest absolute Gasteiger partial charge is 0.425 e. The Balaban J connectivity index is 1.35. The number of fused-ring (bicyclic) bond motifs is 1. The normalized spacial score (nSPS) is 15.9. The van der Waals surface area contributed by atoms with Crippen molar-refractivity contribution in [2.45, 2.75) is 129 Å². The summed E-state index contributed by atoms with van der Waals surface area (Å²) in [6.07, 6.45) is 4.37. The van der Waals surface area contributed by atoms with Crippen molar-refractivity contribution in [3.63, 3.8) is 0 Å². The molecule has 7 nitrogen and oxygen atoms in total. The predicted molar refractivity (Wildman–Crippen MR) is 197 cm³/mol. The van der Waals surface area contributed by atoms with E-state index in [0.717, 1.165) is 31.2 Å². The van der Waals surface area contributed by atoms with E-state index in [1.54, 1.807) is 36.4 Å². The second-order valence-corrected chi connectivity index (χ2v) is 13.8. The van der Waals surface area contributed by atoms with Crippen molar-refractivity contribution >= 4 is 17.9 Å². The van der Waals surface area contributed by atoms with Crippen molar-refractivity contribution in [3.05, 3.63) is 95.1 Å². The number of benzene rings is 3. The van der Waals surface area contributed by atoms with Crippen molar-refractivity contribution in [1.82, 2.24) is 0 Å². The summed E-state index contributed by atoms with van der Waals surface area (Å²) in [7, 11) is 0. The molecule has 0 aromatic heterocycles. The standard InChI is InChI=1S/C43H53F3O7/c1-3-5-7-9-10-11-12-18-28-50-33-24-26-34(27-25-33)51-40(47)32-29-31-19-14-15-20-35(31)38(30-32)52-41(48)36-21-16-17-22-37(36)42(49)53-39(43(44,45)46)23-13-8-6-4-2/h14-17,19-22,24-27,32,38-39H,3-13,18,23,28-30H2,1-2H3/t32?,38?,39-/m1/s1. The summed E-state index contributed by atoms with van der Waals surface area (Å²) in [4.78, 5) is 40.0. The van der Waals surface area contributed by atoms with Gasteiger partial charge in [0.15, 0.2) is 6.10 Å². The zero-order valence-electron chi connectivity index (χ0n) is 31.0. The molecular formula is C43H53F3O7. The van der Waals surface area contributed by atoms with Crippen LogP contribution in [0.1, 0.15) is 142 Å². The average molecular weight is 739 g/mol. The van der Waals surface area contributed by atoms with Gasteiger partial charge in [0.1, 0.15) is 17.6 Å². The van der Waals surface area contributed by atoms with E-state index in [2.05, 4.69) is 6.92 Å². The summed E-state index contributed by atoms with van der Waals surface area (Å²) in [5.74, 6) is -2.27. The Morgan fingerprint density at radius 2 is 1.26 bits per heavy atom. The van der Waals surface area contributed by atoms with E-state index in [4.69, 9.17) is 18.9 Å². The Labute approximate surface area is 311 Å². The Morgan fingerprint density at radius 3 is 1.92 bits per heavy atom. The van der Waals surface area contributed by atoms with Gasteiger partial charge in [-0.25, -0.2) is 9.59 Å². The highest BCUT2D eigenvalue weighted by molar-refractivity contribution is 6.03. The number of ether oxygens (including phenoxy) is 4. The summed E-state index contributed by atoms with van der Waals surface area (Å²) < 4.78 is 63.7. The Kier molecular flexibility index (Phi) is 16.7. The third kappa shape index (κ3) is 13.2. The van der Waals surface area contributed by atoms with Crippen LogP contribution in [0.2, 0.25) is 0 Å². The number of alkyl halides is 3. The molecule has 0 saturated heterocycles. The monoisotopic (exact) mass is 738 g/mol. The molecular weight excluding hydrogens is 685 g/mol. The fourth-order valence-electron chi connectivity index (χ4n) is 6.56. The molecule has 1 aliphatic carbocycles. The minimum absolute atomic E-state index is 0.113. The quantitative estimate of drug-likeness (QED) is 0.0611. The van der Waals surface area contributed by atoms with E-state index < -0.39 is 42.2 Å². The number of carbonyl (C=O) groups excluding carboxylic acids is 3. The largest absolute Gasteiger partial charge is 0.494 e. The van der Waals surface area contributed by atoms with E-state index >= 15 is 0 Å². The van der Waals surface area contributed by atoms with Gasteiger partial charge in [0, 0.05) is 6.42 Å². The molecule has 0 heterocycles. The van der Waals surface area contributed by atoms with Gasteiger partial charge < -0.3 is 18.9 Å². The molecule has 0 aliphatic heterocycles. The molecule has 4 rings (SSSR count). The van der Waals surface area contributed by atoms with Crippen LogP contribution in [0.5, 0.6) is 11.5 Å². The van der Waals surface area contributed by atoms with Gasteiger partial charge in [0.05, 0.1) is 23.7 Å². The second-order valence-electron chi connectivity index (χ2n) is 13.8. The Morgan fingerprint density at radius 1 is 0.698 bits per heavy atom. The van der Waals surface area contributed by atoms with Crippen LogP contribution in [-0.4, -0.2) is 36.8 Å². The van der Waals surface area contributed by atoms with Crippen LogP contribution < -0.4 is 9.47 Å². The zero-order chi connectivity index (χ0) is 38.1. The molecule has 3 aromatic carbocycles. The van der Waals surface area contributed by atoms with E-state index in [1.165, 1.54) is 62.8 Å². The topological polar surface area (TPSA) is 88.1 Å². The molecule has 3 aromatic rings. The number of hydrogen-bond donors (Lipinski definition) is 0. The molecule has 0 N–H and O–H groups in total. The molecule has 1 aliphatic rings. The number of halogens is 3. The first-order valence-electron chi connectivity index (χ1n) is 19.2. The van der Waals surface area contributed by atoms with Crippen LogP contribution in [0.25, 0.3) is 0 Å². The van der Waals surface area contributed by atoms with E-state index in [0.29, 0.717) is 36.5 Å². The maximum atomic E-state index is 13.8. The lowest BCUT2D eigenvalue weighted by Gasteiger charge is -2.30. The van der Waals surface area contributed by atoms with Gasteiger partial charge >= 0.3 is 24.1 Å². The molecule has 10 heteroatoms. The first-order chi connectivity index (χ1) is 25.6. The lowest BCUT2D eigenvalue weighted by molar-refractivity contribution is -0.206. The first kappa shape index (κ1) is 41.4. The lowest BCUT2D eigenvalue weighted by atomic mass is 9.82. The highest BCUT2D eigenvalue weighted by Crippen LogP contribution is 2.38. The number of carbonyl (C=O) groups is 3. The summed E-state index contributed by atoms with van der Waals surface area (Å²) in [6.45, 7) is 4.78. The molecule has 288 valence electrons. The maximum Gasteiger partial charge on any atom is 0.425 e. The zero-order valence-corrected chi connectivity index (χ0v) is 31.0. The lowest BCUT2D eigenvalue weighted by Crippen LogP contribution is -2.34. The van der Waals surface area contributed by atoms with Crippen LogP contribution in [0.4, 0.5) is 13.2 Å². The highest BCUT2D eigenvalue weighted by Gasteiger charge is 2.43. The molecule has 0 radical (unpaired) electrons. The van der Waals surface area contributed by atoms with E-state index in [-0.39, 0.29) is 30.4 Å². The molecule has 53 heavy (non-hydrogen) atoms.